The van der Waals surface area contributed by atoms with Crippen molar-refractivity contribution in [3.8, 4) is 11.5 Å². The van der Waals surface area contributed by atoms with E-state index in [0.717, 1.165) is 6.42 Å². The third-order valence-corrected chi connectivity index (χ3v) is 4.35. The van der Waals surface area contributed by atoms with Crippen molar-refractivity contribution in [3.05, 3.63) is 94.6 Å². The minimum atomic E-state index is -0.492. The molecule has 0 bridgehead atoms. The van der Waals surface area contributed by atoms with Crippen LogP contribution in [-0.4, -0.2) is 20.7 Å². The summed E-state index contributed by atoms with van der Waals surface area (Å²) < 4.78 is 6.96. The van der Waals surface area contributed by atoms with Crippen molar-refractivity contribution in [2.75, 3.05) is 5.32 Å². The summed E-state index contributed by atoms with van der Waals surface area (Å²) in [5.41, 5.74) is 1.23. The van der Waals surface area contributed by atoms with Crippen LogP contribution in [0.1, 0.15) is 15.9 Å². The van der Waals surface area contributed by atoms with Gasteiger partial charge in [0.25, 0.3) is 11.5 Å². The number of rotatable bonds is 6. The van der Waals surface area contributed by atoms with Gasteiger partial charge in [0.2, 0.25) is 0 Å². The molecule has 0 saturated heterocycles. The number of hydrogen-bond acceptors (Lipinski definition) is 4. The molecule has 28 heavy (non-hydrogen) atoms. The van der Waals surface area contributed by atoms with Gasteiger partial charge in [0.1, 0.15) is 17.1 Å². The summed E-state index contributed by atoms with van der Waals surface area (Å²) in [5.74, 6) is 0.576. The van der Waals surface area contributed by atoms with E-state index < -0.39 is 11.5 Å². The molecule has 7 heteroatoms. The number of hydrogen-bond donors (Lipinski definition) is 2. The number of H-pyrrole nitrogens is 1. The van der Waals surface area contributed by atoms with Gasteiger partial charge in [0, 0.05) is 12.6 Å². The Hall–Kier alpha value is -3.87. The maximum absolute atomic E-state index is 12.6. The number of carbonyl (C=O) groups is 1. The SMILES string of the molecule is O=C(Nc1ccnn1CCc1ccccc1)c1ccc(-c2ccco2)[nH]c1=O. The number of furan rings is 1. The highest BCUT2D eigenvalue weighted by Gasteiger charge is 2.14. The predicted molar refractivity (Wildman–Crippen MR) is 105 cm³/mol. The molecule has 0 atom stereocenters. The van der Waals surface area contributed by atoms with Gasteiger partial charge < -0.3 is 14.7 Å². The molecule has 3 heterocycles. The largest absolute Gasteiger partial charge is 0.463 e. The first-order chi connectivity index (χ1) is 13.7. The highest BCUT2D eigenvalue weighted by atomic mass is 16.3. The molecule has 1 amide bonds. The molecular formula is C21H18N4O3. The lowest BCUT2D eigenvalue weighted by molar-refractivity contribution is 0.102. The van der Waals surface area contributed by atoms with Gasteiger partial charge in [-0.1, -0.05) is 30.3 Å². The van der Waals surface area contributed by atoms with Gasteiger partial charge in [-0.2, -0.15) is 5.10 Å². The zero-order valence-electron chi connectivity index (χ0n) is 15.0. The molecule has 7 nitrogen and oxygen atoms in total. The highest BCUT2D eigenvalue weighted by molar-refractivity contribution is 6.03. The normalized spacial score (nSPS) is 10.7. The van der Waals surface area contributed by atoms with E-state index >= 15 is 0 Å². The van der Waals surface area contributed by atoms with Crippen molar-refractivity contribution >= 4 is 11.7 Å². The van der Waals surface area contributed by atoms with Crippen LogP contribution in [-0.2, 0) is 13.0 Å². The van der Waals surface area contributed by atoms with Crippen LogP contribution in [0.3, 0.4) is 0 Å². The van der Waals surface area contributed by atoms with E-state index in [2.05, 4.69) is 15.4 Å². The van der Waals surface area contributed by atoms with E-state index in [4.69, 9.17) is 4.42 Å². The van der Waals surface area contributed by atoms with Crippen molar-refractivity contribution in [2.45, 2.75) is 13.0 Å². The lowest BCUT2D eigenvalue weighted by atomic mass is 10.1. The second-order valence-corrected chi connectivity index (χ2v) is 6.22. The molecular weight excluding hydrogens is 356 g/mol. The van der Waals surface area contributed by atoms with E-state index in [1.165, 1.54) is 17.9 Å². The van der Waals surface area contributed by atoms with Crippen LogP contribution in [0, 0.1) is 0 Å². The Morgan fingerprint density at radius 3 is 2.68 bits per heavy atom. The van der Waals surface area contributed by atoms with E-state index in [0.29, 0.717) is 23.8 Å². The molecule has 140 valence electrons. The van der Waals surface area contributed by atoms with Crippen molar-refractivity contribution in [1.29, 1.82) is 0 Å². The molecule has 0 radical (unpaired) electrons. The number of aryl methyl sites for hydroxylation is 2. The molecule has 1 aromatic carbocycles. The fourth-order valence-electron chi connectivity index (χ4n) is 2.91. The van der Waals surface area contributed by atoms with Gasteiger partial charge in [-0.25, -0.2) is 4.68 Å². The Morgan fingerprint density at radius 1 is 1.07 bits per heavy atom. The number of benzene rings is 1. The quantitative estimate of drug-likeness (QED) is 0.541. The average Bonchev–Trinajstić information content (AvgIpc) is 3.39. The first-order valence-electron chi connectivity index (χ1n) is 8.85. The second kappa shape index (κ2) is 7.79. The van der Waals surface area contributed by atoms with Crippen LogP contribution < -0.4 is 10.9 Å². The lowest BCUT2D eigenvalue weighted by Crippen LogP contribution is -2.24. The van der Waals surface area contributed by atoms with Crippen molar-refractivity contribution < 1.29 is 9.21 Å². The zero-order valence-corrected chi connectivity index (χ0v) is 15.0. The fraction of sp³-hybridized carbons (Fsp3) is 0.0952. The summed E-state index contributed by atoms with van der Waals surface area (Å²) in [5, 5.41) is 7.01. The van der Waals surface area contributed by atoms with Crippen LogP contribution in [0.15, 0.2) is 82.3 Å². The third kappa shape index (κ3) is 3.78. The number of aromatic nitrogens is 3. The Bertz CT molecular complexity index is 1130. The predicted octanol–water partition coefficient (Wildman–Crippen LogP) is 3.33. The Morgan fingerprint density at radius 2 is 1.93 bits per heavy atom. The first kappa shape index (κ1) is 17.5. The molecule has 0 spiro atoms. The molecule has 0 unspecified atom stereocenters. The van der Waals surface area contributed by atoms with Crippen LogP contribution in [0.4, 0.5) is 5.82 Å². The third-order valence-electron chi connectivity index (χ3n) is 4.35. The van der Waals surface area contributed by atoms with Gasteiger partial charge in [-0.15, -0.1) is 0 Å². The average molecular weight is 374 g/mol. The molecule has 4 aromatic rings. The number of amides is 1. The fourth-order valence-corrected chi connectivity index (χ4v) is 2.91. The highest BCUT2D eigenvalue weighted by Crippen LogP contribution is 2.16. The van der Waals surface area contributed by atoms with Gasteiger partial charge >= 0.3 is 0 Å². The molecule has 2 N–H and O–H groups in total. The topological polar surface area (TPSA) is 92.9 Å². The zero-order chi connectivity index (χ0) is 19.3. The van der Waals surface area contributed by atoms with E-state index in [1.807, 2.05) is 30.3 Å². The smallest absolute Gasteiger partial charge is 0.262 e. The van der Waals surface area contributed by atoms with Crippen LogP contribution in [0.5, 0.6) is 0 Å². The maximum atomic E-state index is 12.6. The van der Waals surface area contributed by atoms with E-state index in [9.17, 15) is 9.59 Å². The minimum Gasteiger partial charge on any atom is -0.463 e. The number of pyridine rings is 1. The monoisotopic (exact) mass is 374 g/mol. The number of anilines is 1. The number of nitrogens with zero attached hydrogens (tertiary/aromatic N) is 2. The van der Waals surface area contributed by atoms with E-state index in [1.54, 1.807) is 35.1 Å². The molecule has 4 rings (SSSR count). The van der Waals surface area contributed by atoms with Gasteiger partial charge in [-0.05, 0) is 36.2 Å². The Balaban J connectivity index is 1.47. The summed E-state index contributed by atoms with van der Waals surface area (Å²) in [6, 6.07) is 18.3. The van der Waals surface area contributed by atoms with Crippen molar-refractivity contribution in [2.24, 2.45) is 0 Å². The molecule has 0 fully saturated rings. The molecule has 0 saturated carbocycles. The Kier molecular flexibility index (Phi) is 4.88. The van der Waals surface area contributed by atoms with Crippen LogP contribution >= 0.6 is 0 Å². The van der Waals surface area contributed by atoms with Gasteiger partial charge in [-0.3, -0.25) is 9.59 Å². The minimum absolute atomic E-state index is 0.0196. The van der Waals surface area contributed by atoms with Crippen LogP contribution in [0.25, 0.3) is 11.5 Å². The first-order valence-corrected chi connectivity index (χ1v) is 8.85. The standard InChI is InChI=1S/C21H18N4O3/c26-20-16(8-9-17(23-20)18-7-4-14-28-18)21(27)24-19-10-12-22-25(19)13-11-15-5-2-1-3-6-15/h1-10,12,14H,11,13H2,(H,23,26)(H,24,27). The van der Waals surface area contributed by atoms with Crippen molar-refractivity contribution in [3.63, 3.8) is 0 Å². The number of aromatic amines is 1. The summed E-state index contributed by atoms with van der Waals surface area (Å²) >= 11 is 0. The van der Waals surface area contributed by atoms with E-state index in [-0.39, 0.29) is 5.56 Å². The molecule has 0 aliphatic carbocycles. The summed E-state index contributed by atoms with van der Waals surface area (Å²) in [7, 11) is 0. The van der Waals surface area contributed by atoms with Gasteiger partial charge in [0.05, 0.1) is 18.2 Å². The number of carbonyl (C=O) groups excluding carboxylic acids is 1. The molecule has 0 aliphatic heterocycles. The number of nitrogens with one attached hydrogen (secondary N) is 2. The molecule has 0 aliphatic rings. The summed E-state index contributed by atoms with van der Waals surface area (Å²) in [6.45, 7) is 0.612. The van der Waals surface area contributed by atoms with Crippen LogP contribution in [0.2, 0.25) is 0 Å². The lowest BCUT2D eigenvalue weighted by Gasteiger charge is -2.09. The summed E-state index contributed by atoms with van der Waals surface area (Å²) in [4.78, 5) is 27.5. The maximum Gasteiger partial charge on any atom is 0.262 e. The van der Waals surface area contributed by atoms with Crippen molar-refractivity contribution in [1.82, 2.24) is 14.8 Å². The second-order valence-electron chi connectivity index (χ2n) is 6.22. The summed E-state index contributed by atoms with van der Waals surface area (Å²) in [6.07, 6.45) is 3.92. The molecule has 3 aromatic heterocycles. The van der Waals surface area contributed by atoms with Gasteiger partial charge in [0.15, 0.2) is 0 Å². The Labute approximate surface area is 160 Å².